The summed E-state index contributed by atoms with van der Waals surface area (Å²) in [6.45, 7) is -5.02. The number of benzene rings is 2. The SMILES string of the molecule is F[B-](F)(F)c1ccccc1OCOCc1ccccc1.[K+]. The van der Waals surface area contributed by atoms with E-state index in [1.165, 1.54) is 18.2 Å². The molecule has 0 aliphatic heterocycles. The van der Waals surface area contributed by atoms with Crippen LogP contribution >= 0.6 is 0 Å². The van der Waals surface area contributed by atoms with E-state index in [1.807, 2.05) is 30.3 Å². The standard InChI is InChI=1S/C14H13BF3O2.K/c16-15(17,18)13-8-4-5-9-14(13)20-11-19-10-12-6-2-1-3-7-12;/h1-9H,10-11H2;/q-1;+1. The summed E-state index contributed by atoms with van der Waals surface area (Å²) in [5.74, 6) is -0.201. The number of rotatable bonds is 6. The molecule has 0 amide bonds. The van der Waals surface area contributed by atoms with Crippen LogP contribution < -0.4 is 61.6 Å². The van der Waals surface area contributed by atoms with Gasteiger partial charge in [0.1, 0.15) is 0 Å². The molecular weight excluding hydrogens is 307 g/mol. The molecule has 0 fully saturated rings. The van der Waals surface area contributed by atoms with E-state index in [0.29, 0.717) is 6.61 Å². The molecule has 0 aliphatic rings. The minimum atomic E-state index is -5.09. The first kappa shape index (κ1) is 18.7. The van der Waals surface area contributed by atoms with Gasteiger partial charge in [0.05, 0.1) is 12.4 Å². The molecule has 0 N–H and O–H groups in total. The predicted molar refractivity (Wildman–Crippen MR) is 71.9 cm³/mol. The van der Waals surface area contributed by atoms with Crippen LogP contribution in [0.5, 0.6) is 5.75 Å². The van der Waals surface area contributed by atoms with Crippen LogP contribution in [0.3, 0.4) is 0 Å². The number of hydrogen-bond acceptors (Lipinski definition) is 2. The van der Waals surface area contributed by atoms with Crippen LogP contribution in [0.15, 0.2) is 54.6 Å². The first-order chi connectivity index (χ1) is 9.57. The van der Waals surface area contributed by atoms with Gasteiger partial charge in [-0.2, -0.15) is 0 Å². The van der Waals surface area contributed by atoms with Crippen molar-refractivity contribution in [2.45, 2.75) is 6.61 Å². The van der Waals surface area contributed by atoms with E-state index in [2.05, 4.69) is 0 Å². The van der Waals surface area contributed by atoms with Crippen molar-refractivity contribution in [1.29, 1.82) is 0 Å². The molecule has 0 heterocycles. The first-order valence-electron chi connectivity index (χ1n) is 6.11. The summed E-state index contributed by atoms with van der Waals surface area (Å²) in [5, 5.41) is 0. The topological polar surface area (TPSA) is 18.5 Å². The van der Waals surface area contributed by atoms with E-state index in [-0.39, 0.29) is 63.9 Å². The van der Waals surface area contributed by atoms with E-state index < -0.39 is 12.4 Å². The van der Waals surface area contributed by atoms with Gasteiger partial charge < -0.3 is 22.4 Å². The Balaban J connectivity index is 0.00000220. The van der Waals surface area contributed by atoms with Crippen LogP contribution in [0.2, 0.25) is 0 Å². The number of ether oxygens (including phenoxy) is 2. The summed E-state index contributed by atoms with van der Waals surface area (Å²) in [6, 6.07) is 14.5. The van der Waals surface area contributed by atoms with Crippen LogP contribution in [-0.4, -0.2) is 13.8 Å². The maximum absolute atomic E-state index is 12.8. The van der Waals surface area contributed by atoms with E-state index in [9.17, 15) is 12.9 Å². The van der Waals surface area contributed by atoms with E-state index in [1.54, 1.807) is 0 Å². The van der Waals surface area contributed by atoms with Crippen molar-refractivity contribution in [3.8, 4) is 5.75 Å². The van der Waals surface area contributed by atoms with Crippen LogP contribution in [-0.2, 0) is 11.3 Å². The Bertz CT molecular complexity index is 549. The van der Waals surface area contributed by atoms with Crippen molar-refractivity contribution in [3.05, 3.63) is 60.2 Å². The second-order valence-corrected chi connectivity index (χ2v) is 4.21. The summed E-state index contributed by atoms with van der Waals surface area (Å²) in [5.41, 5.74) is 0.195. The quantitative estimate of drug-likeness (QED) is 0.433. The van der Waals surface area contributed by atoms with Crippen LogP contribution in [0.4, 0.5) is 12.9 Å². The third-order valence-electron chi connectivity index (χ3n) is 2.68. The third kappa shape index (κ3) is 6.14. The molecule has 0 spiro atoms. The molecule has 0 radical (unpaired) electrons. The van der Waals surface area contributed by atoms with Gasteiger partial charge in [0.2, 0.25) is 0 Å². The van der Waals surface area contributed by atoms with Crippen molar-refractivity contribution in [2.24, 2.45) is 0 Å². The summed E-state index contributed by atoms with van der Waals surface area (Å²) >= 11 is 0. The van der Waals surface area contributed by atoms with Gasteiger partial charge in [-0.05, 0) is 11.6 Å². The molecule has 2 nitrogen and oxygen atoms in total. The zero-order chi connectivity index (χ0) is 14.4. The first-order valence-corrected chi connectivity index (χ1v) is 6.11. The Morgan fingerprint density at radius 1 is 0.857 bits per heavy atom. The zero-order valence-corrected chi connectivity index (χ0v) is 14.8. The summed E-state index contributed by atoms with van der Waals surface area (Å²) in [4.78, 5) is 0. The smallest absolute Gasteiger partial charge is 0.471 e. The number of halogens is 3. The molecule has 106 valence electrons. The van der Waals surface area contributed by atoms with Gasteiger partial charge in [0, 0.05) is 0 Å². The molecule has 2 aromatic carbocycles. The van der Waals surface area contributed by atoms with Crippen molar-refractivity contribution in [3.63, 3.8) is 0 Å². The summed E-state index contributed by atoms with van der Waals surface area (Å²) in [7, 11) is 0. The minimum Gasteiger partial charge on any atom is -0.471 e. The zero-order valence-electron chi connectivity index (χ0n) is 11.6. The fraction of sp³-hybridized carbons (Fsp3) is 0.143. The molecule has 21 heavy (non-hydrogen) atoms. The molecule has 0 aromatic heterocycles. The Labute approximate surface area is 164 Å². The maximum atomic E-state index is 12.8. The minimum absolute atomic E-state index is 0. The van der Waals surface area contributed by atoms with Crippen LogP contribution in [0.25, 0.3) is 0 Å². The van der Waals surface area contributed by atoms with Crippen LogP contribution in [0.1, 0.15) is 5.56 Å². The van der Waals surface area contributed by atoms with Crippen LogP contribution in [0, 0.1) is 0 Å². The fourth-order valence-corrected chi connectivity index (χ4v) is 1.72. The van der Waals surface area contributed by atoms with Gasteiger partial charge in [-0.15, -0.1) is 0 Å². The average Bonchev–Trinajstić information content (AvgIpc) is 2.44. The summed E-state index contributed by atoms with van der Waals surface area (Å²) in [6.07, 6.45) is 0. The van der Waals surface area contributed by atoms with Gasteiger partial charge in [-0.3, -0.25) is 0 Å². The van der Waals surface area contributed by atoms with Gasteiger partial charge >= 0.3 is 58.4 Å². The second kappa shape index (κ2) is 8.97. The van der Waals surface area contributed by atoms with E-state index in [4.69, 9.17) is 9.47 Å². The van der Waals surface area contributed by atoms with Gasteiger partial charge in [-0.1, -0.05) is 54.0 Å². The number of hydrogen-bond donors (Lipinski definition) is 0. The molecule has 0 saturated heterocycles. The monoisotopic (exact) mass is 320 g/mol. The molecule has 0 atom stereocenters. The maximum Gasteiger partial charge on any atom is 1.00 e. The molecule has 7 heteroatoms. The number of para-hydroxylation sites is 1. The summed E-state index contributed by atoms with van der Waals surface area (Å²) < 4.78 is 48.6. The molecular formula is C14H13BF3KO2. The Morgan fingerprint density at radius 3 is 2.14 bits per heavy atom. The Kier molecular flexibility index (Phi) is 8.01. The molecule has 0 saturated carbocycles. The van der Waals surface area contributed by atoms with Crippen molar-refractivity contribution < 1.29 is 73.8 Å². The average molecular weight is 320 g/mol. The van der Waals surface area contributed by atoms with E-state index in [0.717, 1.165) is 11.6 Å². The van der Waals surface area contributed by atoms with Crippen molar-refractivity contribution >= 4 is 12.4 Å². The van der Waals surface area contributed by atoms with Crippen molar-refractivity contribution in [1.82, 2.24) is 0 Å². The molecule has 0 unspecified atom stereocenters. The van der Waals surface area contributed by atoms with Gasteiger partial charge in [0.15, 0.2) is 6.79 Å². The molecule has 0 bridgehead atoms. The van der Waals surface area contributed by atoms with E-state index >= 15 is 0 Å². The van der Waals surface area contributed by atoms with Gasteiger partial charge in [-0.25, -0.2) is 0 Å². The normalized spacial score (nSPS) is 10.8. The van der Waals surface area contributed by atoms with Gasteiger partial charge in [0.25, 0.3) is 0 Å². The fourth-order valence-electron chi connectivity index (χ4n) is 1.72. The molecule has 0 aliphatic carbocycles. The largest absolute Gasteiger partial charge is 1.00 e. The Hall–Kier alpha value is -0.309. The molecule has 2 aromatic rings. The second-order valence-electron chi connectivity index (χ2n) is 4.21. The predicted octanol–water partition coefficient (Wildman–Crippen LogP) is 0.298. The van der Waals surface area contributed by atoms with Crippen molar-refractivity contribution in [2.75, 3.05) is 6.79 Å². The Morgan fingerprint density at radius 2 is 1.48 bits per heavy atom. The molecule has 2 rings (SSSR count). The third-order valence-corrected chi connectivity index (χ3v) is 2.68.